The van der Waals surface area contributed by atoms with Gasteiger partial charge in [0.2, 0.25) is 0 Å². The molecule has 0 bridgehead atoms. The summed E-state index contributed by atoms with van der Waals surface area (Å²) in [5, 5.41) is 0. The summed E-state index contributed by atoms with van der Waals surface area (Å²) in [4.78, 5) is 11.3. The Hall–Kier alpha value is -0.650. The van der Waals surface area contributed by atoms with Gasteiger partial charge in [-0.25, -0.2) is 0 Å². The minimum absolute atomic E-state index is 0.129. The van der Waals surface area contributed by atoms with Crippen molar-refractivity contribution in [1.82, 2.24) is 0 Å². The van der Waals surface area contributed by atoms with Gasteiger partial charge in [0, 0.05) is 13.5 Å². The summed E-state index contributed by atoms with van der Waals surface area (Å²) < 4.78 is 20.4. The van der Waals surface area contributed by atoms with E-state index in [4.69, 9.17) is 18.9 Å². The fourth-order valence-corrected chi connectivity index (χ4v) is 1.45. The maximum Gasteiger partial charge on any atom is 0.305 e. The highest BCUT2D eigenvalue weighted by Crippen LogP contribution is 2.03. The molecular weight excluding hydrogens is 248 g/mol. The first kappa shape index (κ1) is 18.4. The molecule has 0 amide bonds. The maximum atomic E-state index is 11.3. The zero-order chi connectivity index (χ0) is 14.2. The summed E-state index contributed by atoms with van der Waals surface area (Å²) in [5.41, 5.74) is 0. The van der Waals surface area contributed by atoms with E-state index >= 15 is 0 Å². The topological polar surface area (TPSA) is 54.0 Å². The number of hydrogen-bond donors (Lipinski definition) is 0. The van der Waals surface area contributed by atoms with Gasteiger partial charge in [-0.05, 0) is 6.42 Å². The minimum atomic E-state index is -0.129. The van der Waals surface area contributed by atoms with Gasteiger partial charge >= 0.3 is 5.97 Å². The Morgan fingerprint density at radius 3 is 2.11 bits per heavy atom. The van der Waals surface area contributed by atoms with Crippen molar-refractivity contribution in [3.63, 3.8) is 0 Å². The van der Waals surface area contributed by atoms with E-state index in [0.717, 1.165) is 12.8 Å². The second-order valence-electron chi connectivity index (χ2n) is 4.25. The number of carbonyl (C=O) groups is 1. The largest absolute Gasteiger partial charge is 0.463 e. The van der Waals surface area contributed by atoms with Crippen LogP contribution in [0.2, 0.25) is 0 Å². The van der Waals surface area contributed by atoms with E-state index < -0.39 is 0 Å². The van der Waals surface area contributed by atoms with Crippen molar-refractivity contribution in [3.8, 4) is 0 Å². The molecule has 0 radical (unpaired) electrons. The molecule has 0 saturated heterocycles. The molecule has 0 atom stereocenters. The highest BCUT2D eigenvalue weighted by molar-refractivity contribution is 5.69. The van der Waals surface area contributed by atoms with Crippen LogP contribution in [0.4, 0.5) is 0 Å². The fourth-order valence-electron chi connectivity index (χ4n) is 1.45. The number of carbonyl (C=O) groups excluding carboxylic acids is 1. The SMILES string of the molecule is CCCCCCC(=O)OCCOCCOCCOC. The number of unbranched alkanes of at least 4 members (excludes halogenated alkanes) is 3. The Balaban J connectivity index is 3.10. The van der Waals surface area contributed by atoms with Crippen LogP contribution in [0.3, 0.4) is 0 Å². The van der Waals surface area contributed by atoms with E-state index in [1.165, 1.54) is 12.8 Å². The predicted molar refractivity (Wildman–Crippen MR) is 73.2 cm³/mol. The maximum absolute atomic E-state index is 11.3. The molecule has 0 unspecified atom stereocenters. The predicted octanol–water partition coefficient (Wildman–Crippen LogP) is 2.18. The first-order valence-electron chi connectivity index (χ1n) is 7.11. The van der Waals surface area contributed by atoms with E-state index in [2.05, 4.69) is 6.92 Å². The van der Waals surface area contributed by atoms with Crippen molar-refractivity contribution >= 4 is 5.97 Å². The van der Waals surface area contributed by atoms with E-state index in [9.17, 15) is 4.79 Å². The van der Waals surface area contributed by atoms with Crippen molar-refractivity contribution in [3.05, 3.63) is 0 Å². The first-order valence-corrected chi connectivity index (χ1v) is 7.11. The summed E-state index contributed by atoms with van der Waals surface area (Å²) in [6.07, 6.45) is 4.89. The zero-order valence-corrected chi connectivity index (χ0v) is 12.3. The van der Waals surface area contributed by atoms with Gasteiger partial charge in [-0.2, -0.15) is 0 Å². The lowest BCUT2D eigenvalue weighted by atomic mass is 10.2. The van der Waals surface area contributed by atoms with Gasteiger partial charge < -0.3 is 18.9 Å². The Morgan fingerprint density at radius 2 is 1.47 bits per heavy atom. The summed E-state index contributed by atoms with van der Waals surface area (Å²) in [6.45, 7) is 5.11. The number of ether oxygens (including phenoxy) is 4. The van der Waals surface area contributed by atoms with Gasteiger partial charge in [-0.15, -0.1) is 0 Å². The summed E-state index contributed by atoms with van der Waals surface area (Å²) in [7, 11) is 1.64. The van der Waals surface area contributed by atoms with Gasteiger partial charge in [-0.1, -0.05) is 26.2 Å². The van der Waals surface area contributed by atoms with Crippen LogP contribution in [-0.2, 0) is 23.7 Å². The van der Waals surface area contributed by atoms with Crippen molar-refractivity contribution < 1.29 is 23.7 Å². The van der Waals surface area contributed by atoms with Gasteiger partial charge in [0.25, 0.3) is 0 Å². The van der Waals surface area contributed by atoms with Crippen LogP contribution >= 0.6 is 0 Å². The Labute approximate surface area is 116 Å². The molecule has 0 saturated carbocycles. The molecule has 0 aromatic rings. The summed E-state index contributed by atoms with van der Waals surface area (Å²) >= 11 is 0. The van der Waals surface area contributed by atoms with E-state index in [1.54, 1.807) is 7.11 Å². The quantitative estimate of drug-likeness (QED) is 0.359. The third-order valence-corrected chi connectivity index (χ3v) is 2.53. The molecule has 114 valence electrons. The lowest BCUT2D eigenvalue weighted by Crippen LogP contribution is -2.13. The number of hydrogen-bond acceptors (Lipinski definition) is 5. The lowest BCUT2D eigenvalue weighted by Gasteiger charge is -2.06. The zero-order valence-electron chi connectivity index (χ0n) is 12.3. The lowest BCUT2D eigenvalue weighted by molar-refractivity contribution is -0.145. The van der Waals surface area contributed by atoms with Crippen molar-refractivity contribution in [1.29, 1.82) is 0 Å². The molecule has 0 fully saturated rings. The highest BCUT2D eigenvalue weighted by atomic mass is 16.6. The van der Waals surface area contributed by atoms with Crippen molar-refractivity contribution in [2.45, 2.75) is 39.0 Å². The van der Waals surface area contributed by atoms with Crippen LogP contribution < -0.4 is 0 Å². The van der Waals surface area contributed by atoms with Gasteiger partial charge in [0.05, 0.1) is 33.0 Å². The van der Waals surface area contributed by atoms with Crippen LogP contribution in [0, 0.1) is 0 Å². The van der Waals surface area contributed by atoms with Gasteiger partial charge in [-0.3, -0.25) is 4.79 Å². The molecule has 0 rings (SSSR count). The average Bonchev–Trinajstić information content (AvgIpc) is 2.42. The molecule has 0 aromatic heterocycles. The smallest absolute Gasteiger partial charge is 0.305 e. The minimum Gasteiger partial charge on any atom is -0.463 e. The van der Waals surface area contributed by atoms with Crippen LogP contribution in [-0.4, -0.2) is 52.7 Å². The monoisotopic (exact) mass is 276 g/mol. The molecule has 5 nitrogen and oxygen atoms in total. The van der Waals surface area contributed by atoms with Crippen molar-refractivity contribution in [2.24, 2.45) is 0 Å². The van der Waals surface area contributed by atoms with Crippen LogP contribution in [0.25, 0.3) is 0 Å². The number of rotatable bonds is 14. The van der Waals surface area contributed by atoms with Crippen LogP contribution in [0.1, 0.15) is 39.0 Å². The fraction of sp³-hybridized carbons (Fsp3) is 0.929. The molecule has 0 N–H and O–H groups in total. The highest BCUT2D eigenvalue weighted by Gasteiger charge is 2.01. The van der Waals surface area contributed by atoms with E-state index in [-0.39, 0.29) is 5.97 Å². The van der Waals surface area contributed by atoms with Crippen LogP contribution in [0.15, 0.2) is 0 Å². The Bertz CT molecular complexity index is 196. The molecule has 0 spiro atoms. The molecule has 0 aliphatic carbocycles. The molecular formula is C14H28O5. The second kappa shape index (κ2) is 15.4. The Kier molecular flexibility index (Phi) is 14.9. The van der Waals surface area contributed by atoms with Gasteiger partial charge in [0.1, 0.15) is 6.61 Å². The molecule has 19 heavy (non-hydrogen) atoms. The molecule has 5 heteroatoms. The summed E-state index contributed by atoms with van der Waals surface area (Å²) in [6, 6.07) is 0. The number of methoxy groups -OCH3 is 1. The molecule has 0 aliphatic rings. The van der Waals surface area contributed by atoms with Crippen molar-refractivity contribution in [2.75, 3.05) is 46.8 Å². The average molecular weight is 276 g/mol. The third-order valence-electron chi connectivity index (χ3n) is 2.53. The standard InChI is InChI=1S/C14H28O5/c1-3-4-5-6-7-14(15)19-13-12-18-11-10-17-9-8-16-2/h3-13H2,1-2H3. The summed E-state index contributed by atoms with van der Waals surface area (Å²) in [5.74, 6) is -0.129. The normalized spacial score (nSPS) is 10.6. The second-order valence-corrected chi connectivity index (χ2v) is 4.25. The molecule has 0 aliphatic heterocycles. The third kappa shape index (κ3) is 15.3. The van der Waals surface area contributed by atoms with E-state index in [1.807, 2.05) is 0 Å². The van der Waals surface area contributed by atoms with E-state index in [0.29, 0.717) is 46.1 Å². The Morgan fingerprint density at radius 1 is 0.842 bits per heavy atom. The van der Waals surface area contributed by atoms with Gasteiger partial charge in [0.15, 0.2) is 0 Å². The molecule has 0 heterocycles. The molecule has 0 aromatic carbocycles. The number of esters is 1. The van der Waals surface area contributed by atoms with Crippen LogP contribution in [0.5, 0.6) is 0 Å². The first-order chi connectivity index (χ1) is 9.31.